The van der Waals surface area contributed by atoms with Crippen molar-refractivity contribution in [3.8, 4) is 5.75 Å². The van der Waals surface area contributed by atoms with Gasteiger partial charge in [-0.1, -0.05) is 0 Å². The highest BCUT2D eigenvalue weighted by molar-refractivity contribution is 5.83. The van der Waals surface area contributed by atoms with E-state index in [1.54, 1.807) is 31.9 Å². The van der Waals surface area contributed by atoms with Gasteiger partial charge in [0.2, 0.25) is 0 Å². The summed E-state index contributed by atoms with van der Waals surface area (Å²) in [4.78, 5) is 18.1. The summed E-state index contributed by atoms with van der Waals surface area (Å²) in [5, 5.41) is 10.0. The van der Waals surface area contributed by atoms with Gasteiger partial charge in [-0.25, -0.2) is 4.39 Å². The first-order valence-corrected chi connectivity index (χ1v) is 12.6. The van der Waals surface area contributed by atoms with Crippen LogP contribution in [0.3, 0.4) is 0 Å². The van der Waals surface area contributed by atoms with E-state index in [0.29, 0.717) is 30.1 Å². The number of likely N-dealkylation sites (tertiary alicyclic amines) is 1. The van der Waals surface area contributed by atoms with E-state index in [1.165, 1.54) is 5.56 Å². The minimum absolute atomic E-state index is 0.165. The summed E-state index contributed by atoms with van der Waals surface area (Å²) in [5.41, 5.74) is 2.61. The Bertz CT molecular complexity index is 1090. The molecule has 6 nitrogen and oxygen atoms in total. The molecule has 1 saturated heterocycles. The van der Waals surface area contributed by atoms with Crippen molar-refractivity contribution < 1.29 is 23.4 Å². The maximum absolute atomic E-state index is 15.5. The molecule has 0 saturated carbocycles. The van der Waals surface area contributed by atoms with Gasteiger partial charge in [0, 0.05) is 24.5 Å². The molecule has 3 heterocycles. The highest BCUT2D eigenvalue weighted by atomic mass is 19.1. The highest BCUT2D eigenvalue weighted by Gasteiger charge is 2.30. The Morgan fingerprint density at radius 2 is 2.17 bits per heavy atom. The van der Waals surface area contributed by atoms with Gasteiger partial charge in [-0.05, 0) is 105 Å². The maximum atomic E-state index is 15.5. The van der Waals surface area contributed by atoms with Crippen molar-refractivity contribution >= 4 is 16.9 Å². The molecule has 3 aromatic rings. The van der Waals surface area contributed by atoms with Crippen molar-refractivity contribution in [1.82, 2.24) is 9.88 Å². The van der Waals surface area contributed by atoms with Crippen molar-refractivity contribution in [2.45, 2.75) is 51.1 Å². The number of carboxylic acids is 1. The van der Waals surface area contributed by atoms with Crippen LogP contribution in [0.1, 0.15) is 55.8 Å². The standard InChI is InChI=1S/C28H35FN2O4/c1-34-23-6-8-27-25(17-23)24(10-13-30-27)26(29)7-4-21-11-15-31(18-22(21)5-9-28(32)33)14-2-3-20-12-16-35-19-20/h6,8,10,12-13,16-17,19,21-22,26H,2-5,7,9,11,14-15,18H2,1H3,(H,32,33)/t21?,22?,26-/m0/s1. The lowest BCUT2D eigenvalue weighted by molar-refractivity contribution is -0.137. The fourth-order valence-electron chi connectivity index (χ4n) is 5.38. The van der Waals surface area contributed by atoms with E-state index < -0.39 is 12.1 Å². The zero-order valence-corrected chi connectivity index (χ0v) is 20.4. The van der Waals surface area contributed by atoms with Crippen molar-refractivity contribution in [3.05, 3.63) is 60.2 Å². The van der Waals surface area contributed by atoms with Gasteiger partial charge in [0.05, 0.1) is 25.2 Å². The first-order chi connectivity index (χ1) is 17.0. The minimum atomic E-state index is -1.10. The SMILES string of the molecule is COc1ccc2nccc([C@@H](F)CCC3CCN(CCCc4ccoc4)CC3CCC(=O)O)c2c1. The van der Waals surface area contributed by atoms with Gasteiger partial charge in [0.1, 0.15) is 11.9 Å². The molecular weight excluding hydrogens is 447 g/mol. The van der Waals surface area contributed by atoms with Crippen molar-refractivity contribution in [2.75, 3.05) is 26.7 Å². The zero-order chi connectivity index (χ0) is 24.6. The number of fused-ring (bicyclic) bond motifs is 1. The summed E-state index contributed by atoms with van der Waals surface area (Å²) >= 11 is 0. The summed E-state index contributed by atoms with van der Waals surface area (Å²) in [6, 6.07) is 9.30. The monoisotopic (exact) mass is 482 g/mol. The van der Waals surface area contributed by atoms with E-state index in [4.69, 9.17) is 9.15 Å². The second kappa shape index (κ2) is 12.2. The number of hydrogen-bond acceptors (Lipinski definition) is 5. The molecule has 2 aromatic heterocycles. The fraction of sp³-hybridized carbons (Fsp3) is 0.500. The lowest BCUT2D eigenvalue weighted by Crippen LogP contribution is -2.41. The number of rotatable bonds is 12. The number of piperidine rings is 1. The zero-order valence-electron chi connectivity index (χ0n) is 20.4. The van der Waals surface area contributed by atoms with Crippen molar-refractivity contribution in [1.29, 1.82) is 0 Å². The topological polar surface area (TPSA) is 75.8 Å². The molecule has 0 radical (unpaired) electrons. The van der Waals surface area contributed by atoms with Crippen LogP contribution >= 0.6 is 0 Å². The molecule has 0 bridgehead atoms. The second-order valence-electron chi connectivity index (χ2n) is 9.61. The van der Waals surface area contributed by atoms with Gasteiger partial charge in [-0.3, -0.25) is 9.78 Å². The van der Waals surface area contributed by atoms with E-state index in [9.17, 15) is 9.90 Å². The molecule has 188 valence electrons. The third-order valence-electron chi connectivity index (χ3n) is 7.34. The summed E-state index contributed by atoms with van der Waals surface area (Å²) < 4.78 is 26.0. The van der Waals surface area contributed by atoms with Crippen molar-refractivity contribution in [2.24, 2.45) is 11.8 Å². The van der Waals surface area contributed by atoms with Crippen LogP contribution in [-0.4, -0.2) is 47.7 Å². The minimum Gasteiger partial charge on any atom is -0.497 e. The molecule has 1 fully saturated rings. The van der Waals surface area contributed by atoms with Crippen LogP contribution in [0.2, 0.25) is 0 Å². The lowest BCUT2D eigenvalue weighted by atomic mass is 9.79. The number of aliphatic carboxylic acids is 1. The molecular formula is C28H35FN2O4. The van der Waals surface area contributed by atoms with Crippen LogP contribution in [0.15, 0.2) is 53.5 Å². The highest BCUT2D eigenvalue weighted by Crippen LogP contribution is 2.36. The summed E-state index contributed by atoms with van der Waals surface area (Å²) in [5.74, 6) is 0.532. The molecule has 2 unspecified atom stereocenters. The number of halogens is 1. The number of hydrogen-bond donors (Lipinski definition) is 1. The number of benzene rings is 1. The molecule has 0 aliphatic carbocycles. The van der Waals surface area contributed by atoms with Gasteiger partial charge >= 0.3 is 5.97 Å². The number of carbonyl (C=O) groups is 1. The quantitative estimate of drug-likeness (QED) is 0.338. The van der Waals surface area contributed by atoms with E-state index in [-0.39, 0.29) is 12.3 Å². The number of ether oxygens (including phenoxy) is 1. The van der Waals surface area contributed by atoms with E-state index in [0.717, 1.165) is 56.2 Å². The van der Waals surface area contributed by atoms with Gasteiger partial charge in [0.25, 0.3) is 0 Å². The molecule has 3 atom stereocenters. The number of pyridine rings is 1. The van der Waals surface area contributed by atoms with Crippen LogP contribution in [0.25, 0.3) is 10.9 Å². The van der Waals surface area contributed by atoms with E-state index >= 15 is 4.39 Å². The molecule has 7 heteroatoms. The number of aryl methyl sites for hydroxylation is 1. The van der Waals surface area contributed by atoms with E-state index in [2.05, 4.69) is 9.88 Å². The Labute approximate surface area is 206 Å². The van der Waals surface area contributed by atoms with Crippen LogP contribution in [0.5, 0.6) is 5.75 Å². The number of alkyl halides is 1. The van der Waals surface area contributed by atoms with Gasteiger partial charge < -0.3 is 19.2 Å². The van der Waals surface area contributed by atoms with Crippen LogP contribution in [0.4, 0.5) is 4.39 Å². The summed E-state index contributed by atoms with van der Waals surface area (Å²) in [6.07, 6.45) is 9.03. The number of nitrogens with zero attached hydrogens (tertiary/aromatic N) is 2. The fourth-order valence-corrected chi connectivity index (χ4v) is 5.38. The molecule has 1 aliphatic heterocycles. The number of methoxy groups -OCH3 is 1. The Balaban J connectivity index is 1.36. The average molecular weight is 483 g/mol. The molecule has 0 spiro atoms. The first-order valence-electron chi connectivity index (χ1n) is 12.6. The van der Waals surface area contributed by atoms with Crippen LogP contribution in [0, 0.1) is 11.8 Å². The maximum Gasteiger partial charge on any atom is 0.303 e. The first kappa shape index (κ1) is 25.2. The Morgan fingerprint density at radius 3 is 2.94 bits per heavy atom. The Hall–Kier alpha value is -2.93. The third kappa shape index (κ3) is 6.82. The second-order valence-corrected chi connectivity index (χ2v) is 9.61. The normalized spacial score (nSPS) is 19.6. The van der Waals surface area contributed by atoms with Crippen molar-refractivity contribution in [3.63, 3.8) is 0 Å². The van der Waals surface area contributed by atoms with Gasteiger partial charge in [-0.15, -0.1) is 0 Å². The molecule has 1 aromatic carbocycles. The van der Waals surface area contributed by atoms with Crippen LogP contribution < -0.4 is 4.74 Å². The Kier molecular flexibility index (Phi) is 8.74. The third-order valence-corrected chi connectivity index (χ3v) is 7.34. The number of aromatic nitrogens is 1. The molecule has 1 aliphatic rings. The smallest absolute Gasteiger partial charge is 0.303 e. The molecule has 35 heavy (non-hydrogen) atoms. The largest absolute Gasteiger partial charge is 0.497 e. The van der Waals surface area contributed by atoms with Crippen LogP contribution in [-0.2, 0) is 11.2 Å². The molecule has 0 amide bonds. The van der Waals surface area contributed by atoms with Gasteiger partial charge in [0.15, 0.2) is 0 Å². The number of furan rings is 1. The summed E-state index contributed by atoms with van der Waals surface area (Å²) in [6.45, 7) is 2.85. The predicted octanol–water partition coefficient (Wildman–Crippen LogP) is 6.06. The number of carboxylic acid groups (broad SMARTS) is 1. The average Bonchev–Trinajstić information content (AvgIpc) is 3.39. The molecule has 4 rings (SSSR count). The lowest BCUT2D eigenvalue weighted by Gasteiger charge is -2.39. The van der Waals surface area contributed by atoms with E-state index in [1.807, 2.05) is 24.3 Å². The van der Waals surface area contributed by atoms with Gasteiger partial charge in [-0.2, -0.15) is 0 Å². The summed E-state index contributed by atoms with van der Waals surface area (Å²) in [7, 11) is 1.60. The molecule has 1 N–H and O–H groups in total. The Morgan fingerprint density at radius 1 is 1.29 bits per heavy atom. The predicted molar refractivity (Wildman–Crippen MR) is 133 cm³/mol.